The molecule has 3 atom stereocenters. The molecule has 2 amide bonds. The zero-order valence-corrected chi connectivity index (χ0v) is 13.1. The van der Waals surface area contributed by atoms with Crippen molar-refractivity contribution < 1.29 is 18.7 Å². The van der Waals surface area contributed by atoms with E-state index in [-0.39, 0.29) is 35.8 Å². The van der Waals surface area contributed by atoms with Gasteiger partial charge in [0.1, 0.15) is 5.82 Å². The Balaban J connectivity index is 1.53. The Morgan fingerprint density at radius 2 is 2.04 bits per heavy atom. The third kappa shape index (κ3) is 3.46. The molecule has 3 rings (SSSR count). The number of nitrogens with one attached hydrogen (secondary N) is 2. The van der Waals surface area contributed by atoms with Gasteiger partial charge in [-0.1, -0.05) is 6.07 Å². The molecule has 0 saturated heterocycles. The highest BCUT2D eigenvalue weighted by Crippen LogP contribution is 2.31. The van der Waals surface area contributed by atoms with Crippen LogP contribution in [0.25, 0.3) is 0 Å². The van der Waals surface area contributed by atoms with Crippen molar-refractivity contribution in [2.24, 2.45) is 5.92 Å². The number of amides is 2. The second-order valence-corrected chi connectivity index (χ2v) is 6.28. The lowest BCUT2D eigenvalue weighted by molar-refractivity contribution is -0.145. The van der Waals surface area contributed by atoms with Crippen molar-refractivity contribution in [1.29, 1.82) is 0 Å². The molecular weight excluding hydrogens is 299 g/mol. The Hall–Kier alpha value is -2.11. The minimum Gasteiger partial charge on any atom is -0.469 e. The molecule has 1 aromatic carbocycles. The van der Waals surface area contributed by atoms with Gasteiger partial charge in [-0.3, -0.25) is 4.79 Å². The van der Waals surface area contributed by atoms with Crippen LogP contribution in [0.1, 0.15) is 42.9 Å². The number of hydrogen-bond donors (Lipinski definition) is 2. The van der Waals surface area contributed by atoms with E-state index < -0.39 is 0 Å². The highest BCUT2D eigenvalue weighted by Gasteiger charge is 2.32. The van der Waals surface area contributed by atoms with Gasteiger partial charge in [0.2, 0.25) is 0 Å². The van der Waals surface area contributed by atoms with E-state index in [1.165, 1.54) is 19.2 Å². The van der Waals surface area contributed by atoms with E-state index in [4.69, 9.17) is 4.74 Å². The smallest absolute Gasteiger partial charge is 0.315 e. The van der Waals surface area contributed by atoms with E-state index in [1.54, 1.807) is 6.07 Å². The maximum Gasteiger partial charge on any atom is 0.315 e. The number of carbonyl (C=O) groups is 2. The number of carbonyl (C=O) groups excluding carboxylic acids is 2. The van der Waals surface area contributed by atoms with Crippen LogP contribution in [0.2, 0.25) is 0 Å². The maximum absolute atomic E-state index is 13.2. The van der Waals surface area contributed by atoms with Gasteiger partial charge in [0.05, 0.1) is 19.1 Å². The van der Waals surface area contributed by atoms with Gasteiger partial charge in [0.15, 0.2) is 0 Å². The molecule has 0 aromatic heterocycles. The van der Waals surface area contributed by atoms with Gasteiger partial charge in [-0.15, -0.1) is 0 Å². The van der Waals surface area contributed by atoms with E-state index in [0.29, 0.717) is 6.42 Å². The Kier molecular flexibility index (Phi) is 4.50. The molecule has 0 heterocycles. The number of fused-ring (bicyclic) bond motifs is 1. The summed E-state index contributed by atoms with van der Waals surface area (Å²) in [6.07, 6.45) is 3.68. The van der Waals surface area contributed by atoms with Crippen LogP contribution in [0.3, 0.4) is 0 Å². The van der Waals surface area contributed by atoms with Crippen LogP contribution < -0.4 is 10.6 Å². The van der Waals surface area contributed by atoms with Crippen LogP contribution in [0, 0.1) is 11.7 Å². The molecule has 6 heteroatoms. The quantitative estimate of drug-likeness (QED) is 0.841. The fraction of sp³-hybridized carbons (Fsp3) is 0.529. The van der Waals surface area contributed by atoms with Gasteiger partial charge in [0, 0.05) is 6.04 Å². The number of esters is 1. The first-order valence-electron chi connectivity index (χ1n) is 8.00. The molecule has 1 fully saturated rings. The molecule has 124 valence electrons. The summed E-state index contributed by atoms with van der Waals surface area (Å²) < 4.78 is 18.0. The molecule has 1 unspecified atom stereocenters. The van der Waals surface area contributed by atoms with Gasteiger partial charge in [-0.25, -0.2) is 9.18 Å². The number of ether oxygens (including phenoxy) is 1. The Labute approximate surface area is 134 Å². The van der Waals surface area contributed by atoms with Gasteiger partial charge in [-0.2, -0.15) is 0 Å². The number of hydrogen-bond acceptors (Lipinski definition) is 3. The minimum atomic E-state index is -0.242. The standard InChI is InChI=1S/C17H21FN2O3/c1-23-16(21)11-2-5-13(9-11)19-17(22)20-15-7-3-10-8-12(18)4-6-14(10)15/h4,6,8,11,13,15H,2-3,5,7,9H2,1H3,(H2,19,20,22)/t11-,13+,15?/m0/s1. The Morgan fingerprint density at radius 1 is 1.22 bits per heavy atom. The molecule has 1 saturated carbocycles. The molecule has 1 aromatic rings. The van der Waals surface area contributed by atoms with Gasteiger partial charge in [0.25, 0.3) is 0 Å². The number of halogens is 1. The van der Waals surface area contributed by atoms with E-state index in [1.807, 2.05) is 0 Å². The van der Waals surface area contributed by atoms with Crippen LogP contribution in [0.4, 0.5) is 9.18 Å². The first kappa shape index (κ1) is 15.8. The molecule has 0 bridgehead atoms. The van der Waals surface area contributed by atoms with Crippen LogP contribution in [-0.4, -0.2) is 25.2 Å². The third-order valence-corrected chi connectivity index (χ3v) is 4.79. The summed E-state index contributed by atoms with van der Waals surface area (Å²) in [7, 11) is 1.39. The van der Waals surface area contributed by atoms with Crippen molar-refractivity contribution in [3.8, 4) is 0 Å². The van der Waals surface area contributed by atoms with Crippen molar-refractivity contribution in [2.45, 2.75) is 44.2 Å². The summed E-state index contributed by atoms with van der Waals surface area (Å²) in [4.78, 5) is 23.7. The minimum absolute atomic E-state index is 0.00630. The monoisotopic (exact) mass is 320 g/mol. The summed E-state index contributed by atoms with van der Waals surface area (Å²) in [5.74, 6) is -0.574. The summed E-state index contributed by atoms with van der Waals surface area (Å²) in [5.41, 5.74) is 1.95. The second-order valence-electron chi connectivity index (χ2n) is 6.28. The fourth-order valence-corrected chi connectivity index (χ4v) is 3.61. The summed E-state index contributed by atoms with van der Waals surface area (Å²) in [6.45, 7) is 0. The number of rotatable bonds is 3. The highest BCUT2D eigenvalue weighted by molar-refractivity contribution is 5.76. The zero-order valence-electron chi connectivity index (χ0n) is 13.1. The summed E-state index contributed by atoms with van der Waals surface area (Å²) in [5, 5.41) is 5.88. The normalized spacial score (nSPS) is 25.7. The van der Waals surface area contributed by atoms with Gasteiger partial charge < -0.3 is 15.4 Å². The lowest BCUT2D eigenvalue weighted by Crippen LogP contribution is -2.42. The largest absolute Gasteiger partial charge is 0.469 e. The van der Waals surface area contributed by atoms with Crippen molar-refractivity contribution in [3.05, 3.63) is 35.1 Å². The van der Waals surface area contributed by atoms with E-state index >= 15 is 0 Å². The van der Waals surface area contributed by atoms with Crippen LogP contribution in [-0.2, 0) is 16.0 Å². The number of methoxy groups -OCH3 is 1. The van der Waals surface area contributed by atoms with Gasteiger partial charge in [-0.05, 0) is 55.4 Å². The van der Waals surface area contributed by atoms with Crippen molar-refractivity contribution in [2.75, 3.05) is 7.11 Å². The van der Waals surface area contributed by atoms with Crippen molar-refractivity contribution >= 4 is 12.0 Å². The predicted octanol–water partition coefficient (Wildman–Crippen LogP) is 2.45. The van der Waals surface area contributed by atoms with Crippen LogP contribution in [0.5, 0.6) is 0 Å². The SMILES string of the molecule is COC(=O)[C@H]1CC[C@@H](NC(=O)NC2CCc3cc(F)ccc32)C1. The van der Waals surface area contributed by atoms with Crippen molar-refractivity contribution in [1.82, 2.24) is 10.6 Å². The zero-order chi connectivity index (χ0) is 16.4. The average molecular weight is 320 g/mol. The Morgan fingerprint density at radius 3 is 2.83 bits per heavy atom. The molecule has 2 aliphatic carbocycles. The molecule has 0 radical (unpaired) electrons. The highest BCUT2D eigenvalue weighted by atomic mass is 19.1. The number of urea groups is 1. The fourth-order valence-electron chi connectivity index (χ4n) is 3.61. The van der Waals surface area contributed by atoms with E-state index in [2.05, 4.69) is 10.6 Å². The van der Waals surface area contributed by atoms with Crippen LogP contribution >= 0.6 is 0 Å². The number of aryl methyl sites for hydroxylation is 1. The van der Waals surface area contributed by atoms with E-state index in [9.17, 15) is 14.0 Å². The number of benzene rings is 1. The molecule has 0 aliphatic heterocycles. The lowest BCUT2D eigenvalue weighted by Gasteiger charge is -2.18. The van der Waals surface area contributed by atoms with Gasteiger partial charge >= 0.3 is 12.0 Å². The second kappa shape index (κ2) is 6.56. The average Bonchev–Trinajstić information content (AvgIpc) is 3.14. The summed E-state index contributed by atoms with van der Waals surface area (Å²) >= 11 is 0. The molecule has 2 aliphatic rings. The predicted molar refractivity (Wildman–Crippen MR) is 82.3 cm³/mol. The summed E-state index contributed by atoms with van der Waals surface area (Å²) in [6, 6.07) is 4.38. The molecule has 23 heavy (non-hydrogen) atoms. The van der Waals surface area contributed by atoms with Crippen molar-refractivity contribution in [3.63, 3.8) is 0 Å². The molecule has 2 N–H and O–H groups in total. The van der Waals surface area contributed by atoms with E-state index in [0.717, 1.165) is 36.8 Å². The molecule has 5 nitrogen and oxygen atoms in total. The topological polar surface area (TPSA) is 67.4 Å². The first-order chi connectivity index (χ1) is 11.1. The lowest BCUT2D eigenvalue weighted by atomic mass is 10.1. The molecule has 0 spiro atoms. The Bertz CT molecular complexity index is 620. The maximum atomic E-state index is 13.2. The first-order valence-corrected chi connectivity index (χ1v) is 8.00. The van der Waals surface area contributed by atoms with Crippen LogP contribution in [0.15, 0.2) is 18.2 Å². The third-order valence-electron chi connectivity index (χ3n) is 4.79. The molecular formula is C17H21FN2O3.